The molecule has 0 radical (unpaired) electrons. The molecular weight excluding hydrogens is 375 g/mol. The molecule has 0 aliphatic carbocycles. The highest BCUT2D eigenvalue weighted by atomic mass is 19.1. The highest BCUT2D eigenvalue weighted by Gasteiger charge is 2.15. The lowest BCUT2D eigenvalue weighted by Gasteiger charge is -2.10. The lowest BCUT2D eigenvalue weighted by atomic mass is 10.1. The second-order valence-electron chi connectivity index (χ2n) is 6.28. The van der Waals surface area contributed by atoms with E-state index in [1.165, 1.54) is 24.3 Å². The molecule has 2 aromatic heterocycles. The minimum Gasteiger partial charge on any atom is -0.322 e. The van der Waals surface area contributed by atoms with Crippen LogP contribution < -0.4 is 10.8 Å². The topological polar surface area (TPSA) is 95.7 Å². The number of amides is 2. The van der Waals surface area contributed by atoms with Crippen LogP contribution in [0.1, 0.15) is 20.7 Å². The fourth-order valence-electron chi connectivity index (χ4n) is 2.97. The molecular formula is C21H15FN4O3. The van der Waals surface area contributed by atoms with Crippen molar-refractivity contribution in [2.45, 2.75) is 0 Å². The maximum Gasteiger partial charge on any atom is 0.274 e. The number of imidazole rings is 1. The van der Waals surface area contributed by atoms with Gasteiger partial charge in [-0.15, -0.1) is 0 Å². The van der Waals surface area contributed by atoms with Crippen LogP contribution in [0, 0.1) is 5.82 Å². The number of nitrogens with zero attached hydrogens (tertiary/aromatic N) is 2. The molecule has 0 aliphatic rings. The smallest absolute Gasteiger partial charge is 0.274 e. The Kier molecular flexibility index (Phi) is 4.76. The van der Waals surface area contributed by atoms with Crippen LogP contribution in [0.5, 0.6) is 0 Å². The van der Waals surface area contributed by atoms with E-state index in [4.69, 9.17) is 5.21 Å². The van der Waals surface area contributed by atoms with Crippen molar-refractivity contribution in [2.24, 2.45) is 0 Å². The Labute approximate surface area is 164 Å². The van der Waals surface area contributed by atoms with E-state index in [9.17, 15) is 14.0 Å². The van der Waals surface area contributed by atoms with Crippen LogP contribution >= 0.6 is 0 Å². The lowest BCUT2D eigenvalue weighted by Crippen LogP contribution is -2.18. The van der Waals surface area contributed by atoms with E-state index in [1.54, 1.807) is 52.6 Å². The summed E-state index contributed by atoms with van der Waals surface area (Å²) in [6, 6.07) is 13.7. The molecule has 2 aromatic carbocycles. The van der Waals surface area contributed by atoms with Gasteiger partial charge in [0.25, 0.3) is 11.8 Å². The first-order valence-corrected chi connectivity index (χ1v) is 8.63. The van der Waals surface area contributed by atoms with Gasteiger partial charge in [-0.25, -0.2) is 14.9 Å². The average molecular weight is 390 g/mol. The Hall–Kier alpha value is -4.04. The maximum absolute atomic E-state index is 13.2. The summed E-state index contributed by atoms with van der Waals surface area (Å²) in [7, 11) is 0. The molecule has 0 saturated carbocycles. The maximum atomic E-state index is 13.2. The highest BCUT2D eigenvalue weighted by Crippen LogP contribution is 2.24. The zero-order valence-corrected chi connectivity index (χ0v) is 15.0. The van der Waals surface area contributed by atoms with E-state index in [2.05, 4.69) is 10.3 Å². The summed E-state index contributed by atoms with van der Waals surface area (Å²) in [4.78, 5) is 28.5. The number of hydrogen-bond donors (Lipinski definition) is 3. The van der Waals surface area contributed by atoms with Crippen molar-refractivity contribution < 1.29 is 19.2 Å². The Balaban J connectivity index is 1.67. The second-order valence-corrected chi connectivity index (χ2v) is 6.28. The zero-order valence-electron chi connectivity index (χ0n) is 15.0. The number of nitrogens with one attached hydrogen (secondary N) is 2. The van der Waals surface area contributed by atoms with Gasteiger partial charge in [0.15, 0.2) is 0 Å². The fourth-order valence-corrected chi connectivity index (χ4v) is 2.97. The Morgan fingerprint density at radius 3 is 2.38 bits per heavy atom. The third kappa shape index (κ3) is 3.69. The van der Waals surface area contributed by atoms with Gasteiger partial charge in [0.05, 0.1) is 5.56 Å². The normalized spacial score (nSPS) is 10.7. The average Bonchev–Trinajstić information content (AvgIpc) is 3.22. The molecule has 3 N–H and O–H groups in total. The van der Waals surface area contributed by atoms with Crippen LogP contribution in [0.2, 0.25) is 0 Å². The molecule has 29 heavy (non-hydrogen) atoms. The van der Waals surface area contributed by atoms with Crippen molar-refractivity contribution in [3.8, 4) is 11.1 Å². The molecule has 4 rings (SSSR count). The summed E-state index contributed by atoms with van der Waals surface area (Å²) in [6.07, 6.45) is 5.12. The van der Waals surface area contributed by atoms with Crippen LogP contribution in [-0.2, 0) is 0 Å². The van der Waals surface area contributed by atoms with E-state index in [0.29, 0.717) is 16.9 Å². The molecule has 4 aromatic rings. The lowest BCUT2D eigenvalue weighted by molar-refractivity contribution is 0.0706. The van der Waals surface area contributed by atoms with E-state index >= 15 is 0 Å². The third-order valence-electron chi connectivity index (χ3n) is 4.42. The fraction of sp³-hybridized carbons (Fsp3) is 0. The van der Waals surface area contributed by atoms with Gasteiger partial charge in [-0.3, -0.25) is 14.8 Å². The van der Waals surface area contributed by atoms with Crippen LogP contribution in [0.15, 0.2) is 73.2 Å². The van der Waals surface area contributed by atoms with Crippen molar-refractivity contribution in [3.05, 3.63) is 90.1 Å². The summed E-state index contributed by atoms with van der Waals surface area (Å²) in [6.45, 7) is 0. The van der Waals surface area contributed by atoms with Crippen LogP contribution in [0.4, 0.5) is 10.1 Å². The highest BCUT2D eigenvalue weighted by molar-refractivity contribution is 6.09. The van der Waals surface area contributed by atoms with Crippen LogP contribution in [-0.4, -0.2) is 26.4 Å². The third-order valence-corrected chi connectivity index (χ3v) is 4.42. The van der Waals surface area contributed by atoms with E-state index < -0.39 is 5.91 Å². The standard InChI is InChI=1S/C21H15FN4O3/c22-16-5-1-13(2-6-16)15-11-18(19-23-9-10-26(19)12-15)21(28)24-17-7-3-14(4-8-17)20(27)25-29/h1-12,29H,(H,24,28)(H,25,27). The Morgan fingerprint density at radius 1 is 0.966 bits per heavy atom. The number of hydroxylamine groups is 1. The largest absolute Gasteiger partial charge is 0.322 e. The van der Waals surface area contributed by atoms with Crippen molar-refractivity contribution in [3.63, 3.8) is 0 Å². The number of anilines is 1. The number of rotatable bonds is 4. The van der Waals surface area contributed by atoms with Crippen molar-refractivity contribution in [2.75, 3.05) is 5.32 Å². The Morgan fingerprint density at radius 2 is 1.69 bits per heavy atom. The molecule has 2 amide bonds. The molecule has 8 heteroatoms. The van der Waals surface area contributed by atoms with Crippen LogP contribution in [0.25, 0.3) is 16.8 Å². The number of aromatic nitrogens is 2. The van der Waals surface area contributed by atoms with Crippen molar-refractivity contribution >= 4 is 23.1 Å². The van der Waals surface area contributed by atoms with Gasteiger partial charge in [0.1, 0.15) is 11.5 Å². The first kappa shape index (κ1) is 18.3. The molecule has 0 atom stereocenters. The summed E-state index contributed by atoms with van der Waals surface area (Å²) >= 11 is 0. The second kappa shape index (κ2) is 7.53. The summed E-state index contributed by atoms with van der Waals surface area (Å²) < 4.78 is 15.0. The van der Waals surface area contributed by atoms with E-state index in [1.807, 2.05) is 6.20 Å². The number of hydrogen-bond acceptors (Lipinski definition) is 4. The van der Waals surface area contributed by atoms with Gasteiger partial charge in [-0.1, -0.05) is 12.1 Å². The molecule has 0 bridgehead atoms. The molecule has 0 unspecified atom stereocenters. The molecule has 0 aliphatic heterocycles. The molecule has 0 fully saturated rings. The molecule has 144 valence electrons. The van der Waals surface area contributed by atoms with E-state index in [0.717, 1.165) is 11.1 Å². The van der Waals surface area contributed by atoms with Gasteiger partial charge in [-0.05, 0) is 53.6 Å². The van der Waals surface area contributed by atoms with Gasteiger partial charge in [0.2, 0.25) is 0 Å². The zero-order chi connectivity index (χ0) is 20.4. The number of fused-ring (bicyclic) bond motifs is 1. The van der Waals surface area contributed by atoms with Crippen LogP contribution in [0.3, 0.4) is 0 Å². The summed E-state index contributed by atoms with van der Waals surface area (Å²) in [5.74, 6) is -1.37. The number of halogens is 1. The van der Waals surface area contributed by atoms with E-state index in [-0.39, 0.29) is 17.3 Å². The van der Waals surface area contributed by atoms with Gasteiger partial charge in [-0.2, -0.15) is 0 Å². The Bertz CT molecular complexity index is 1200. The monoisotopic (exact) mass is 390 g/mol. The quantitative estimate of drug-likeness (QED) is 0.367. The molecule has 0 saturated heterocycles. The minimum atomic E-state index is -0.644. The SMILES string of the molecule is O=C(NO)c1ccc(NC(=O)c2cc(-c3ccc(F)cc3)cn3ccnc23)cc1. The summed E-state index contributed by atoms with van der Waals surface area (Å²) in [5, 5.41) is 11.4. The van der Waals surface area contributed by atoms with Gasteiger partial charge >= 0.3 is 0 Å². The number of carbonyl (C=O) groups is 2. The van der Waals surface area contributed by atoms with Gasteiger partial charge in [0, 0.05) is 29.8 Å². The molecule has 0 spiro atoms. The minimum absolute atomic E-state index is 0.249. The molecule has 2 heterocycles. The number of carbonyl (C=O) groups excluding carboxylic acids is 2. The molecule has 7 nitrogen and oxygen atoms in total. The predicted octanol–water partition coefficient (Wildman–Crippen LogP) is 3.51. The summed E-state index contributed by atoms with van der Waals surface area (Å²) in [5.41, 5.74) is 4.58. The number of benzene rings is 2. The van der Waals surface area contributed by atoms with Crippen molar-refractivity contribution in [1.29, 1.82) is 0 Å². The van der Waals surface area contributed by atoms with Crippen molar-refractivity contribution in [1.82, 2.24) is 14.9 Å². The first-order chi connectivity index (χ1) is 14.0. The first-order valence-electron chi connectivity index (χ1n) is 8.63. The number of pyridine rings is 1. The van der Waals surface area contributed by atoms with Gasteiger partial charge < -0.3 is 9.72 Å². The predicted molar refractivity (Wildman–Crippen MR) is 104 cm³/mol.